The highest BCUT2D eigenvalue weighted by molar-refractivity contribution is 7.90. The van der Waals surface area contributed by atoms with Crippen LogP contribution in [-0.2, 0) is 10.0 Å². The first kappa shape index (κ1) is 14.4. The van der Waals surface area contributed by atoms with Gasteiger partial charge in [0.05, 0.1) is 6.07 Å². The van der Waals surface area contributed by atoms with Crippen molar-refractivity contribution in [1.29, 1.82) is 5.26 Å². The van der Waals surface area contributed by atoms with E-state index >= 15 is 0 Å². The monoisotopic (exact) mass is 232 g/mol. The molecule has 0 amide bonds. The Morgan fingerprint density at radius 3 is 2.27 bits per heavy atom. The van der Waals surface area contributed by atoms with Crippen LogP contribution in [0.5, 0.6) is 0 Å². The molecule has 0 radical (unpaired) electrons. The van der Waals surface area contributed by atoms with Gasteiger partial charge in [0.25, 0.3) is 0 Å². The fourth-order valence-corrected chi connectivity index (χ4v) is 2.98. The molecular weight excluding hydrogens is 212 g/mol. The van der Waals surface area contributed by atoms with Crippen LogP contribution in [0.4, 0.5) is 0 Å². The van der Waals surface area contributed by atoms with E-state index in [-0.39, 0.29) is 6.04 Å². The quantitative estimate of drug-likeness (QED) is 0.700. The highest BCUT2D eigenvalue weighted by Crippen LogP contribution is 2.15. The lowest BCUT2D eigenvalue weighted by Crippen LogP contribution is -2.40. The maximum Gasteiger partial charge on any atom is 0.230 e. The molecular formula is C10H20N2O2S. The maximum atomic E-state index is 11.9. The number of hydrogen-bond acceptors (Lipinski definition) is 3. The van der Waals surface area contributed by atoms with Gasteiger partial charge in [0, 0.05) is 13.1 Å². The van der Waals surface area contributed by atoms with Crippen molar-refractivity contribution in [2.75, 3.05) is 7.05 Å². The van der Waals surface area contributed by atoms with E-state index in [1.807, 2.05) is 19.9 Å². The lowest BCUT2D eigenvalue weighted by Gasteiger charge is -2.25. The number of sulfonamides is 1. The normalized spacial score (nSPS) is 16.0. The molecule has 2 atom stereocenters. The minimum Gasteiger partial charge on any atom is -0.211 e. The standard InChI is InChI=1S/C10H20N2O2S/c1-5-7-9(3)12(4)15(13,14)10(6-2)8-11/h9-10H,5-7H2,1-4H3. The molecule has 0 bridgehead atoms. The Bertz CT molecular complexity index is 319. The van der Waals surface area contributed by atoms with Crippen LogP contribution in [-0.4, -0.2) is 31.1 Å². The Balaban J connectivity index is 4.81. The second-order valence-corrected chi connectivity index (χ2v) is 5.90. The zero-order valence-corrected chi connectivity index (χ0v) is 10.7. The first-order chi connectivity index (χ1) is 6.91. The van der Waals surface area contributed by atoms with Crippen LogP contribution >= 0.6 is 0 Å². The highest BCUT2D eigenvalue weighted by Gasteiger charge is 2.30. The number of nitrogens with zero attached hydrogens (tertiary/aromatic N) is 2. The van der Waals surface area contributed by atoms with E-state index < -0.39 is 15.3 Å². The molecule has 5 heteroatoms. The number of nitriles is 1. The molecule has 15 heavy (non-hydrogen) atoms. The largest absolute Gasteiger partial charge is 0.230 e. The highest BCUT2D eigenvalue weighted by atomic mass is 32.2. The van der Waals surface area contributed by atoms with E-state index in [2.05, 4.69) is 0 Å². The summed E-state index contributed by atoms with van der Waals surface area (Å²) in [5, 5.41) is 7.85. The number of hydrogen-bond donors (Lipinski definition) is 0. The first-order valence-corrected chi connectivity index (χ1v) is 6.78. The third-order valence-electron chi connectivity index (χ3n) is 2.60. The van der Waals surface area contributed by atoms with Gasteiger partial charge in [-0.2, -0.15) is 5.26 Å². The van der Waals surface area contributed by atoms with Gasteiger partial charge in [-0.25, -0.2) is 12.7 Å². The molecule has 0 aliphatic rings. The van der Waals surface area contributed by atoms with Gasteiger partial charge in [-0.15, -0.1) is 0 Å². The van der Waals surface area contributed by atoms with E-state index in [0.29, 0.717) is 6.42 Å². The summed E-state index contributed by atoms with van der Waals surface area (Å²) in [6, 6.07) is 1.80. The minimum atomic E-state index is -3.45. The molecule has 0 N–H and O–H groups in total. The molecule has 4 nitrogen and oxygen atoms in total. The van der Waals surface area contributed by atoms with Gasteiger partial charge in [-0.05, 0) is 19.8 Å². The zero-order valence-electron chi connectivity index (χ0n) is 9.90. The molecule has 0 fully saturated rings. The summed E-state index contributed by atoms with van der Waals surface area (Å²) in [7, 11) is -1.90. The summed E-state index contributed by atoms with van der Waals surface area (Å²) in [5.74, 6) is 0. The average Bonchev–Trinajstić information content (AvgIpc) is 2.18. The van der Waals surface area contributed by atoms with Gasteiger partial charge >= 0.3 is 0 Å². The van der Waals surface area contributed by atoms with Crippen LogP contribution in [0.1, 0.15) is 40.0 Å². The number of rotatable bonds is 6. The van der Waals surface area contributed by atoms with E-state index in [9.17, 15) is 8.42 Å². The summed E-state index contributed by atoms with van der Waals surface area (Å²) in [5.41, 5.74) is 0. The first-order valence-electron chi connectivity index (χ1n) is 5.28. The van der Waals surface area contributed by atoms with Crippen LogP contribution in [0.3, 0.4) is 0 Å². The van der Waals surface area contributed by atoms with Gasteiger partial charge in [0.1, 0.15) is 0 Å². The molecule has 88 valence electrons. The van der Waals surface area contributed by atoms with Gasteiger partial charge in [-0.1, -0.05) is 20.3 Å². The fourth-order valence-electron chi connectivity index (χ4n) is 1.42. The molecule has 0 spiro atoms. The Morgan fingerprint density at radius 2 is 1.93 bits per heavy atom. The van der Waals surface area contributed by atoms with Crippen molar-refractivity contribution in [1.82, 2.24) is 4.31 Å². The smallest absolute Gasteiger partial charge is 0.211 e. The van der Waals surface area contributed by atoms with Crippen molar-refractivity contribution >= 4 is 10.0 Å². The van der Waals surface area contributed by atoms with E-state index in [1.165, 1.54) is 4.31 Å². The summed E-state index contributed by atoms with van der Waals surface area (Å²) >= 11 is 0. The molecule has 0 rings (SSSR count). The van der Waals surface area contributed by atoms with E-state index in [0.717, 1.165) is 12.8 Å². The van der Waals surface area contributed by atoms with Gasteiger partial charge < -0.3 is 0 Å². The van der Waals surface area contributed by atoms with Crippen LogP contribution < -0.4 is 0 Å². The molecule has 0 aromatic carbocycles. The van der Waals surface area contributed by atoms with Crippen LogP contribution in [0.2, 0.25) is 0 Å². The Morgan fingerprint density at radius 1 is 1.40 bits per heavy atom. The van der Waals surface area contributed by atoms with Gasteiger partial charge in [0.2, 0.25) is 10.0 Å². The van der Waals surface area contributed by atoms with Gasteiger partial charge in [0.15, 0.2) is 5.25 Å². The third-order valence-corrected chi connectivity index (χ3v) is 4.92. The fraction of sp³-hybridized carbons (Fsp3) is 0.900. The lowest BCUT2D eigenvalue weighted by molar-refractivity contribution is 0.365. The summed E-state index contributed by atoms with van der Waals surface area (Å²) in [4.78, 5) is 0. The second kappa shape index (κ2) is 6.09. The second-order valence-electron chi connectivity index (χ2n) is 3.72. The Hall–Kier alpha value is -0.600. The van der Waals surface area contributed by atoms with Crippen molar-refractivity contribution < 1.29 is 8.42 Å². The summed E-state index contributed by atoms with van der Waals surface area (Å²) in [6.45, 7) is 5.59. The van der Waals surface area contributed by atoms with Crippen molar-refractivity contribution in [3.8, 4) is 6.07 Å². The van der Waals surface area contributed by atoms with Crippen LogP contribution in [0.25, 0.3) is 0 Å². The van der Waals surface area contributed by atoms with Crippen molar-refractivity contribution in [2.45, 2.75) is 51.3 Å². The SMILES string of the molecule is CCCC(C)N(C)S(=O)(=O)C(C#N)CC. The molecule has 0 aromatic heterocycles. The van der Waals surface area contributed by atoms with E-state index in [1.54, 1.807) is 14.0 Å². The topological polar surface area (TPSA) is 61.2 Å². The van der Waals surface area contributed by atoms with Crippen molar-refractivity contribution in [2.24, 2.45) is 0 Å². The van der Waals surface area contributed by atoms with Crippen molar-refractivity contribution in [3.63, 3.8) is 0 Å². The summed E-state index contributed by atoms with van der Waals surface area (Å²) < 4.78 is 25.2. The molecule has 0 saturated carbocycles. The van der Waals surface area contributed by atoms with Gasteiger partial charge in [-0.3, -0.25) is 0 Å². The van der Waals surface area contributed by atoms with Crippen molar-refractivity contribution in [3.05, 3.63) is 0 Å². The van der Waals surface area contributed by atoms with E-state index in [4.69, 9.17) is 5.26 Å². The molecule has 0 heterocycles. The lowest BCUT2D eigenvalue weighted by atomic mass is 10.2. The molecule has 0 aliphatic carbocycles. The summed E-state index contributed by atoms with van der Waals surface area (Å²) in [6.07, 6.45) is 2.09. The minimum absolute atomic E-state index is 0.0394. The molecule has 0 aliphatic heterocycles. The third kappa shape index (κ3) is 3.47. The Kier molecular flexibility index (Phi) is 5.84. The molecule has 0 aromatic rings. The van der Waals surface area contributed by atoms with Crippen LogP contribution in [0, 0.1) is 11.3 Å². The predicted octanol–water partition coefficient (Wildman–Crippen LogP) is 1.74. The van der Waals surface area contributed by atoms with Crippen LogP contribution in [0.15, 0.2) is 0 Å². The zero-order chi connectivity index (χ0) is 12.1. The average molecular weight is 232 g/mol. The Labute approximate surface area is 92.9 Å². The molecule has 0 saturated heterocycles. The molecule has 2 unspecified atom stereocenters. The predicted molar refractivity (Wildman–Crippen MR) is 60.7 cm³/mol. The maximum absolute atomic E-state index is 11.9.